The lowest BCUT2D eigenvalue weighted by molar-refractivity contribution is -0.154. The fraction of sp³-hybridized carbons (Fsp3) is 0.533. The molecule has 3 heteroatoms. The average Bonchev–Trinajstić information content (AvgIpc) is 2.85. The summed E-state index contributed by atoms with van der Waals surface area (Å²) in [5, 5.41) is 0. The van der Waals surface area contributed by atoms with Crippen molar-refractivity contribution in [2.75, 3.05) is 13.7 Å². The average molecular weight is 248 g/mol. The topological polar surface area (TPSA) is 35.5 Å². The van der Waals surface area contributed by atoms with E-state index in [4.69, 9.17) is 9.47 Å². The second kappa shape index (κ2) is 5.53. The Balaban J connectivity index is 2.43. The molecule has 1 aromatic rings. The molecule has 0 saturated heterocycles. The Labute approximate surface area is 108 Å². The summed E-state index contributed by atoms with van der Waals surface area (Å²) in [5.41, 5.74) is 0.388. The fourth-order valence-corrected chi connectivity index (χ4v) is 2.97. The maximum Gasteiger partial charge on any atom is 0.319 e. The third-order valence-corrected chi connectivity index (χ3v) is 3.80. The molecule has 0 spiro atoms. The Morgan fingerprint density at radius 1 is 1.39 bits per heavy atom. The lowest BCUT2D eigenvalue weighted by atomic mass is 9.77. The van der Waals surface area contributed by atoms with Crippen molar-refractivity contribution in [3.63, 3.8) is 0 Å². The predicted molar refractivity (Wildman–Crippen MR) is 69.4 cm³/mol. The van der Waals surface area contributed by atoms with E-state index in [1.54, 1.807) is 7.11 Å². The van der Waals surface area contributed by atoms with Gasteiger partial charge in [0.15, 0.2) is 0 Å². The molecule has 18 heavy (non-hydrogen) atoms. The first-order valence-electron chi connectivity index (χ1n) is 6.51. The van der Waals surface area contributed by atoms with Crippen molar-refractivity contribution in [2.45, 2.75) is 37.7 Å². The number of hydrogen-bond acceptors (Lipinski definition) is 3. The lowest BCUT2D eigenvalue weighted by Gasteiger charge is -2.32. The minimum atomic E-state index is -0.619. The first kappa shape index (κ1) is 13.1. The summed E-state index contributed by atoms with van der Waals surface area (Å²) in [6.07, 6.45) is 2.61. The summed E-state index contributed by atoms with van der Waals surface area (Å²) in [5.74, 6) is -0.152. The summed E-state index contributed by atoms with van der Waals surface area (Å²) >= 11 is 0. The van der Waals surface area contributed by atoms with Crippen molar-refractivity contribution < 1.29 is 14.3 Å². The molecule has 1 saturated carbocycles. The molecule has 1 aliphatic rings. The second-order valence-electron chi connectivity index (χ2n) is 4.67. The van der Waals surface area contributed by atoms with Crippen LogP contribution in [0.2, 0.25) is 0 Å². The van der Waals surface area contributed by atoms with Gasteiger partial charge in [-0.2, -0.15) is 0 Å². The standard InChI is InChI=1S/C15H20O3/c1-3-18-14(16)15(11-7-10-13(15)17-2)12-8-5-4-6-9-12/h4-6,8-9,13H,3,7,10-11H2,1-2H3. The van der Waals surface area contributed by atoms with E-state index in [9.17, 15) is 4.79 Å². The molecule has 1 aliphatic carbocycles. The Bertz CT molecular complexity index is 401. The maximum absolute atomic E-state index is 12.4. The summed E-state index contributed by atoms with van der Waals surface area (Å²) in [6, 6.07) is 9.87. The van der Waals surface area contributed by atoms with Crippen LogP contribution in [-0.4, -0.2) is 25.8 Å². The van der Waals surface area contributed by atoms with Crippen molar-refractivity contribution in [1.29, 1.82) is 0 Å². The third kappa shape index (κ3) is 2.03. The molecule has 1 aromatic carbocycles. The van der Waals surface area contributed by atoms with Crippen LogP contribution in [0.5, 0.6) is 0 Å². The predicted octanol–water partition coefficient (Wildman–Crippen LogP) is 2.69. The molecular formula is C15H20O3. The number of esters is 1. The Kier molecular flexibility index (Phi) is 4.02. The zero-order valence-electron chi connectivity index (χ0n) is 11.0. The highest BCUT2D eigenvalue weighted by Crippen LogP contribution is 2.43. The fourth-order valence-electron chi connectivity index (χ4n) is 2.97. The normalized spacial score (nSPS) is 27.1. The first-order valence-corrected chi connectivity index (χ1v) is 6.51. The zero-order chi connectivity index (χ0) is 13.0. The van der Waals surface area contributed by atoms with E-state index in [-0.39, 0.29) is 12.1 Å². The maximum atomic E-state index is 12.4. The minimum Gasteiger partial charge on any atom is -0.465 e. The van der Waals surface area contributed by atoms with E-state index < -0.39 is 5.41 Å². The van der Waals surface area contributed by atoms with Crippen LogP contribution in [-0.2, 0) is 19.7 Å². The van der Waals surface area contributed by atoms with E-state index in [1.165, 1.54) is 0 Å². The molecule has 1 fully saturated rings. The number of carbonyl (C=O) groups is 1. The van der Waals surface area contributed by atoms with Crippen LogP contribution in [0.25, 0.3) is 0 Å². The summed E-state index contributed by atoms with van der Waals surface area (Å²) in [4.78, 5) is 12.4. The van der Waals surface area contributed by atoms with Crippen LogP contribution in [0.4, 0.5) is 0 Å². The number of carbonyl (C=O) groups excluding carboxylic acids is 1. The minimum absolute atomic E-state index is 0.0843. The van der Waals surface area contributed by atoms with Crippen LogP contribution in [0, 0.1) is 0 Å². The van der Waals surface area contributed by atoms with Gasteiger partial charge in [-0.15, -0.1) is 0 Å². The monoisotopic (exact) mass is 248 g/mol. The molecule has 0 aliphatic heterocycles. The van der Waals surface area contributed by atoms with Gasteiger partial charge in [0.1, 0.15) is 5.41 Å². The molecule has 0 heterocycles. The summed E-state index contributed by atoms with van der Waals surface area (Å²) < 4.78 is 10.8. The molecule has 0 radical (unpaired) electrons. The number of ether oxygens (including phenoxy) is 2. The van der Waals surface area contributed by atoms with Gasteiger partial charge in [0.2, 0.25) is 0 Å². The van der Waals surface area contributed by atoms with Crippen molar-refractivity contribution in [3.05, 3.63) is 35.9 Å². The van der Waals surface area contributed by atoms with Gasteiger partial charge in [-0.05, 0) is 31.7 Å². The number of methoxy groups -OCH3 is 1. The Morgan fingerprint density at radius 2 is 2.11 bits per heavy atom. The van der Waals surface area contributed by atoms with Crippen molar-refractivity contribution in [1.82, 2.24) is 0 Å². The molecule has 0 bridgehead atoms. The van der Waals surface area contributed by atoms with Crippen LogP contribution >= 0.6 is 0 Å². The number of benzene rings is 1. The molecule has 0 amide bonds. The first-order chi connectivity index (χ1) is 8.75. The van der Waals surface area contributed by atoms with Crippen molar-refractivity contribution >= 4 is 5.97 Å². The highest BCUT2D eigenvalue weighted by Gasteiger charge is 2.51. The zero-order valence-corrected chi connectivity index (χ0v) is 11.0. The lowest BCUT2D eigenvalue weighted by Crippen LogP contribution is -2.45. The quantitative estimate of drug-likeness (QED) is 0.768. The van der Waals surface area contributed by atoms with Gasteiger partial charge in [0, 0.05) is 7.11 Å². The van der Waals surface area contributed by atoms with Gasteiger partial charge < -0.3 is 9.47 Å². The van der Waals surface area contributed by atoms with Gasteiger partial charge in [-0.3, -0.25) is 4.79 Å². The molecule has 2 atom stereocenters. The third-order valence-electron chi connectivity index (χ3n) is 3.80. The van der Waals surface area contributed by atoms with E-state index in [0.29, 0.717) is 6.61 Å². The molecule has 98 valence electrons. The Morgan fingerprint density at radius 3 is 2.72 bits per heavy atom. The highest BCUT2D eigenvalue weighted by molar-refractivity contribution is 5.84. The van der Waals surface area contributed by atoms with Gasteiger partial charge >= 0.3 is 5.97 Å². The van der Waals surface area contributed by atoms with Gasteiger partial charge in [-0.25, -0.2) is 0 Å². The molecule has 0 aromatic heterocycles. The van der Waals surface area contributed by atoms with E-state index in [0.717, 1.165) is 24.8 Å². The van der Waals surface area contributed by atoms with Crippen molar-refractivity contribution in [2.24, 2.45) is 0 Å². The smallest absolute Gasteiger partial charge is 0.319 e. The SMILES string of the molecule is CCOC(=O)C1(c2ccccc2)CCCC1OC. The van der Waals surface area contributed by atoms with E-state index in [2.05, 4.69) is 0 Å². The van der Waals surface area contributed by atoms with Gasteiger partial charge in [0.05, 0.1) is 12.7 Å². The molecule has 2 rings (SSSR count). The van der Waals surface area contributed by atoms with Crippen LogP contribution in [0.1, 0.15) is 31.7 Å². The van der Waals surface area contributed by atoms with Crippen LogP contribution < -0.4 is 0 Å². The van der Waals surface area contributed by atoms with Crippen molar-refractivity contribution in [3.8, 4) is 0 Å². The molecular weight excluding hydrogens is 228 g/mol. The van der Waals surface area contributed by atoms with E-state index >= 15 is 0 Å². The van der Waals surface area contributed by atoms with Gasteiger partial charge in [-0.1, -0.05) is 30.3 Å². The molecule has 3 nitrogen and oxygen atoms in total. The van der Waals surface area contributed by atoms with E-state index in [1.807, 2.05) is 37.3 Å². The second-order valence-corrected chi connectivity index (χ2v) is 4.67. The van der Waals surface area contributed by atoms with Crippen LogP contribution in [0.15, 0.2) is 30.3 Å². The summed E-state index contributed by atoms with van der Waals surface area (Å²) in [6.45, 7) is 2.25. The van der Waals surface area contributed by atoms with Crippen LogP contribution in [0.3, 0.4) is 0 Å². The van der Waals surface area contributed by atoms with Gasteiger partial charge in [0.25, 0.3) is 0 Å². The number of hydrogen-bond donors (Lipinski definition) is 0. The summed E-state index contributed by atoms with van der Waals surface area (Å²) in [7, 11) is 1.67. The highest BCUT2D eigenvalue weighted by atomic mass is 16.5. The number of rotatable bonds is 4. The molecule has 0 N–H and O–H groups in total. The Hall–Kier alpha value is -1.35. The molecule has 2 unspecified atom stereocenters. The largest absolute Gasteiger partial charge is 0.465 e.